The Morgan fingerprint density at radius 1 is 1.36 bits per heavy atom. The number of hydrogen-bond donors (Lipinski definition) is 2. The Bertz CT molecular complexity index is 624. The van der Waals surface area contributed by atoms with E-state index < -0.39 is 0 Å². The molecular weight excluding hydrogens is 298 g/mol. The van der Waals surface area contributed by atoms with Gasteiger partial charge in [0, 0.05) is 17.7 Å². The molecule has 0 aliphatic carbocycles. The first-order valence-electron chi connectivity index (χ1n) is 7.55. The molecule has 3 rings (SSSR count). The van der Waals surface area contributed by atoms with Gasteiger partial charge in [-0.25, -0.2) is 9.97 Å². The smallest absolute Gasteiger partial charge is 0.224 e. The molecule has 2 N–H and O–H groups in total. The fourth-order valence-electron chi connectivity index (χ4n) is 2.48. The molecule has 22 heavy (non-hydrogen) atoms. The first-order valence-corrected chi connectivity index (χ1v) is 8.36. The predicted molar refractivity (Wildman–Crippen MR) is 88.4 cm³/mol. The highest BCUT2D eigenvalue weighted by atomic mass is 32.1. The lowest BCUT2D eigenvalue weighted by molar-refractivity contribution is 0.0875. The molecule has 1 aliphatic heterocycles. The molecular formula is C15H21N5OS. The molecule has 2 aromatic heterocycles. The van der Waals surface area contributed by atoms with Crippen LogP contribution in [0.15, 0.2) is 12.3 Å². The second-order valence-corrected chi connectivity index (χ2v) is 6.71. The Kier molecular flexibility index (Phi) is 4.84. The highest BCUT2D eigenvalue weighted by Crippen LogP contribution is 2.18. The summed E-state index contributed by atoms with van der Waals surface area (Å²) in [5, 5.41) is 7.76. The fraction of sp³-hybridized carbons (Fsp3) is 0.533. The second kappa shape index (κ2) is 7.02. The molecule has 1 atom stereocenters. The van der Waals surface area contributed by atoms with Crippen molar-refractivity contribution < 1.29 is 4.74 Å². The maximum Gasteiger partial charge on any atom is 0.224 e. The SMILES string of the molecule is Cc1nc(C)c(CNc2nccc(NC3CCCOC3)n2)s1. The van der Waals surface area contributed by atoms with Gasteiger partial charge >= 0.3 is 0 Å². The number of rotatable bonds is 5. The molecule has 0 radical (unpaired) electrons. The largest absolute Gasteiger partial charge is 0.379 e. The first kappa shape index (κ1) is 15.2. The van der Waals surface area contributed by atoms with Crippen LogP contribution in [0.5, 0.6) is 0 Å². The van der Waals surface area contributed by atoms with Gasteiger partial charge in [0.25, 0.3) is 0 Å². The Labute approximate surface area is 134 Å². The van der Waals surface area contributed by atoms with E-state index in [0.29, 0.717) is 18.5 Å². The summed E-state index contributed by atoms with van der Waals surface area (Å²) in [7, 11) is 0. The third kappa shape index (κ3) is 3.92. The van der Waals surface area contributed by atoms with E-state index in [4.69, 9.17) is 4.74 Å². The summed E-state index contributed by atoms with van der Waals surface area (Å²) in [6, 6.07) is 2.23. The Hall–Kier alpha value is -1.73. The van der Waals surface area contributed by atoms with E-state index in [0.717, 1.165) is 42.6 Å². The van der Waals surface area contributed by atoms with Gasteiger partial charge in [-0.05, 0) is 32.8 Å². The van der Waals surface area contributed by atoms with Crippen molar-refractivity contribution in [2.45, 2.75) is 39.3 Å². The standard InChI is InChI=1S/C15H21N5OS/c1-10-13(22-11(2)18-10)8-17-15-16-6-5-14(20-15)19-12-4-3-7-21-9-12/h5-6,12H,3-4,7-9H2,1-2H3,(H2,16,17,19,20). The lowest BCUT2D eigenvalue weighted by Gasteiger charge is -2.23. The van der Waals surface area contributed by atoms with Crippen LogP contribution in [0.25, 0.3) is 0 Å². The number of ether oxygens (including phenoxy) is 1. The lowest BCUT2D eigenvalue weighted by Crippen LogP contribution is -2.30. The van der Waals surface area contributed by atoms with Crippen molar-refractivity contribution in [2.24, 2.45) is 0 Å². The van der Waals surface area contributed by atoms with Gasteiger partial charge in [-0.1, -0.05) is 0 Å². The molecule has 1 unspecified atom stereocenters. The Morgan fingerprint density at radius 2 is 2.27 bits per heavy atom. The van der Waals surface area contributed by atoms with Gasteiger partial charge in [-0.3, -0.25) is 0 Å². The Balaban J connectivity index is 1.59. The number of hydrogen-bond acceptors (Lipinski definition) is 7. The quantitative estimate of drug-likeness (QED) is 0.883. The summed E-state index contributed by atoms with van der Waals surface area (Å²) in [5.41, 5.74) is 1.07. The van der Waals surface area contributed by atoms with Crippen molar-refractivity contribution in [3.05, 3.63) is 27.8 Å². The van der Waals surface area contributed by atoms with Crippen LogP contribution in [0.4, 0.5) is 11.8 Å². The topological polar surface area (TPSA) is 72.0 Å². The van der Waals surface area contributed by atoms with Gasteiger partial charge in [0.1, 0.15) is 5.82 Å². The van der Waals surface area contributed by atoms with E-state index in [1.165, 1.54) is 4.88 Å². The molecule has 118 valence electrons. The molecule has 6 nitrogen and oxygen atoms in total. The minimum atomic E-state index is 0.336. The van der Waals surface area contributed by atoms with Gasteiger partial charge in [0.2, 0.25) is 5.95 Å². The van der Waals surface area contributed by atoms with Crippen LogP contribution in [-0.4, -0.2) is 34.2 Å². The van der Waals surface area contributed by atoms with E-state index in [9.17, 15) is 0 Å². The summed E-state index contributed by atoms with van der Waals surface area (Å²) >= 11 is 1.70. The minimum absolute atomic E-state index is 0.336. The third-order valence-electron chi connectivity index (χ3n) is 3.57. The van der Waals surface area contributed by atoms with Crippen molar-refractivity contribution in [2.75, 3.05) is 23.8 Å². The highest BCUT2D eigenvalue weighted by Gasteiger charge is 2.14. The highest BCUT2D eigenvalue weighted by molar-refractivity contribution is 7.11. The molecule has 1 fully saturated rings. The van der Waals surface area contributed by atoms with Gasteiger partial charge in [0.05, 0.1) is 29.9 Å². The van der Waals surface area contributed by atoms with Gasteiger partial charge < -0.3 is 15.4 Å². The zero-order valence-corrected chi connectivity index (χ0v) is 13.7. The van der Waals surface area contributed by atoms with Crippen molar-refractivity contribution in [3.8, 4) is 0 Å². The number of anilines is 2. The molecule has 0 aromatic carbocycles. The van der Waals surface area contributed by atoms with Crippen molar-refractivity contribution in [1.82, 2.24) is 15.0 Å². The fourth-order valence-corrected chi connectivity index (χ4v) is 3.36. The number of thiazole rings is 1. The zero-order chi connectivity index (χ0) is 15.4. The lowest BCUT2D eigenvalue weighted by atomic mass is 10.1. The minimum Gasteiger partial charge on any atom is -0.379 e. The van der Waals surface area contributed by atoms with Crippen molar-refractivity contribution in [3.63, 3.8) is 0 Å². The molecule has 0 amide bonds. The molecule has 3 heterocycles. The van der Waals surface area contributed by atoms with E-state index in [1.54, 1.807) is 17.5 Å². The zero-order valence-electron chi connectivity index (χ0n) is 12.9. The van der Waals surface area contributed by atoms with Gasteiger partial charge in [-0.15, -0.1) is 11.3 Å². The summed E-state index contributed by atoms with van der Waals surface area (Å²) in [6.07, 6.45) is 3.98. The van der Waals surface area contributed by atoms with Crippen LogP contribution in [0.3, 0.4) is 0 Å². The maximum atomic E-state index is 5.48. The van der Waals surface area contributed by atoms with Gasteiger partial charge in [0.15, 0.2) is 0 Å². The normalized spacial score (nSPS) is 18.2. The van der Waals surface area contributed by atoms with Crippen LogP contribution < -0.4 is 10.6 Å². The number of nitrogens with one attached hydrogen (secondary N) is 2. The molecule has 0 saturated carbocycles. The van der Waals surface area contributed by atoms with E-state index in [2.05, 4.69) is 25.6 Å². The molecule has 7 heteroatoms. The monoisotopic (exact) mass is 319 g/mol. The number of aryl methyl sites for hydroxylation is 2. The van der Waals surface area contributed by atoms with Crippen molar-refractivity contribution in [1.29, 1.82) is 0 Å². The molecule has 2 aromatic rings. The number of nitrogens with zero attached hydrogens (tertiary/aromatic N) is 3. The summed E-state index contributed by atoms with van der Waals surface area (Å²) < 4.78 is 5.48. The summed E-state index contributed by atoms with van der Waals surface area (Å²) in [4.78, 5) is 14.4. The second-order valence-electron chi connectivity index (χ2n) is 5.42. The average molecular weight is 319 g/mol. The maximum absolute atomic E-state index is 5.48. The molecule has 1 saturated heterocycles. The van der Waals surface area contributed by atoms with E-state index in [-0.39, 0.29) is 0 Å². The predicted octanol–water partition coefficient (Wildman–Crippen LogP) is 2.75. The van der Waals surface area contributed by atoms with Crippen LogP contribution >= 0.6 is 11.3 Å². The third-order valence-corrected chi connectivity index (χ3v) is 4.65. The molecule has 1 aliphatic rings. The van der Waals surface area contributed by atoms with Gasteiger partial charge in [-0.2, -0.15) is 4.98 Å². The van der Waals surface area contributed by atoms with Crippen molar-refractivity contribution >= 4 is 23.1 Å². The summed E-state index contributed by atoms with van der Waals surface area (Å²) in [5.74, 6) is 1.47. The molecule has 0 bridgehead atoms. The average Bonchev–Trinajstić information content (AvgIpc) is 2.84. The van der Waals surface area contributed by atoms with E-state index >= 15 is 0 Å². The van der Waals surface area contributed by atoms with Crippen LogP contribution in [0.2, 0.25) is 0 Å². The van der Waals surface area contributed by atoms with Crippen LogP contribution in [0.1, 0.15) is 28.4 Å². The van der Waals surface area contributed by atoms with E-state index in [1.807, 2.05) is 19.9 Å². The Morgan fingerprint density at radius 3 is 3.00 bits per heavy atom. The first-order chi connectivity index (χ1) is 10.7. The molecule has 0 spiro atoms. The van der Waals surface area contributed by atoms with Crippen LogP contribution in [0, 0.1) is 13.8 Å². The summed E-state index contributed by atoms with van der Waals surface area (Å²) in [6.45, 7) is 6.36. The van der Waals surface area contributed by atoms with Crippen LogP contribution in [-0.2, 0) is 11.3 Å². The number of aromatic nitrogens is 3.